The molecule has 2 fully saturated rings. The van der Waals surface area contributed by atoms with Crippen LogP contribution in [0.3, 0.4) is 0 Å². The van der Waals surface area contributed by atoms with E-state index in [1.165, 1.54) is 4.57 Å². The number of nitrogens with one attached hydrogen (secondary N) is 1. The van der Waals surface area contributed by atoms with Crippen LogP contribution >= 0.6 is 0 Å². The van der Waals surface area contributed by atoms with Gasteiger partial charge >= 0.3 is 0 Å². The molecule has 9 nitrogen and oxygen atoms in total. The van der Waals surface area contributed by atoms with E-state index in [1.54, 1.807) is 24.1 Å². The number of rotatable bonds is 3. The zero-order valence-corrected chi connectivity index (χ0v) is 17.1. The van der Waals surface area contributed by atoms with Gasteiger partial charge in [0.25, 0.3) is 11.5 Å². The minimum absolute atomic E-state index is 0.0530. The molecule has 9 heteroatoms. The molecular weight excluding hydrogens is 402 g/mol. The number of aryl methyl sites for hydroxylation is 1. The van der Waals surface area contributed by atoms with Crippen LogP contribution in [0.5, 0.6) is 11.5 Å². The van der Waals surface area contributed by atoms with Crippen LogP contribution in [0.4, 0.5) is 0 Å². The Hall–Kier alpha value is -3.33. The van der Waals surface area contributed by atoms with Crippen LogP contribution < -0.4 is 20.3 Å². The summed E-state index contributed by atoms with van der Waals surface area (Å²) in [5.74, 6) is 0.824. The van der Waals surface area contributed by atoms with Crippen molar-refractivity contribution >= 4 is 11.8 Å². The van der Waals surface area contributed by atoms with Crippen LogP contribution in [0.15, 0.2) is 35.3 Å². The Morgan fingerprint density at radius 1 is 1.19 bits per heavy atom. The third-order valence-corrected chi connectivity index (χ3v) is 5.99. The fourth-order valence-corrected chi connectivity index (χ4v) is 4.33. The third kappa shape index (κ3) is 3.65. The van der Waals surface area contributed by atoms with E-state index in [0.717, 1.165) is 5.56 Å². The van der Waals surface area contributed by atoms with Crippen molar-refractivity contribution in [3.05, 3.63) is 57.5 Å². The number of pyridine rings is 1. The van der Waals surface area contributed by atoms with Gasteiger partial charge in [-0.2, -0.15) is 0 Å². The predicted octanol–water partition coefficient (Wildman–Crippen LogP) is 0.663. The molecule has 3 aliphatic heterocycles. The molecule has 0 radical (unpaired) electrons. The number of hydrogen-bond acceptors (Lipinski definition) is 6. The highest BCUT2D eigenvalue weighted by atomic mass is 16.7. The molecule has 0 unspecified atom stereocenters. The molecule has 0 spiro atoms. The van der Waals surface area contributed by atoms with Crippen LogP contribution in [0.1, 0.15) is 27.9 Å². The van der Waals surface area contributed by atoms with Gasteiger partial charge in [-0.15, -0.1) is 0 Å². The molecule has 2 saturated heterocycles. The number of benzene rings is 1. The second-order valence-electron chi connectivity index (χ2n) is 8.06. The standard InChI is InChI=1S/C22H23N3O6/c1-13-4-6-24(9-14-2-3-17-18(8-14)31-12-30-17)21(27)20(13)22(28)25-7-5-16-15(10-25)23-19(26)11-29-16/h2-4,6,8,15-16H,5,7,9-12H2,1H3,(H,23,26)/t15-,16+/m0/s1. The van der Waals surface area contributed by atoms with E-state index in [0.29, 0.717) is 43.1 Å². The number of nitrogens with zero attached hydrogens (tertiary/aromatic N) is 2. The van der Waals surface area contributed by atoms with Gasteiger partial charge in [0.15, 0.2) is 11.5 Å². The first-order valence-electron chi connectivity index (χ1n) is 10.3. The normalized spacial score (nSPS) is 22.1. The highest BCUT2D eigenvalue weighted by Crippen LogP contribution is 2.32. The Bertz CT molecular complexity index is 1110. The molecule has 5 rings (SSSR count). The molecule has 3 aliphatic rings. The van der Waals surface area contributed by atoms with Gasteiger partial charge in [-0.1, -0.05) is 6.07 Å². The average molecular weight is 425 g/mol. The molecule has 2 atom stereocenters. The van der Waals surface area contributed by atoms with Crippen molar-refractivity contribution in [3.63, 3.8) is 0 Å². The lowest BCUT2D eigenvalue weighted by Gasteiger charge is -2.41. The van der Waals surface area contributed by atoms with Crippen molar-refractivity contribution in [2.75, 3.05) is 26.5 Å². The summed E-state index contributed by atoms with van der Waals surface area (Å²) in [5, 5.41) is 2.89. The summed E-state index contributed by atoms with van der Waals surface area (Å²) in [5.41, 5.74) is 1.32. The Morgan fingerprint density at radius 2 is 2.03 bits per heavy atom. The molecule has 0 aliphatic carbocycles. The molecular formula is C22H23N3O6. The SMILES string of the molecule is Cc1ccn(Cc2ccc3c(c2)OCO3)c(=O)c1C(=O)N1CC[C@H]2OCC(=O)N[C@H]2C1. The quantitative estimate of drug-likeness (QED) is 0.776. The zero-order valence-electron chi connectivity index (χ0n) is 17.1. The maximum Gasteiger partial charge on any atom is 0.263 e. The minimum Gasteiger partial charge on any atom is -0.454 e. The Kier molecular flexibility index (Phi) is 4.90. The van der Waals surface area contributed by atoms with Crippen LogP contribution in [0.2, 0.25) is 0 Å². The van der Waals surface area contributed by atoms with Gasteiger partial charge in [0.2, 0.25) is 12.7 Å². The molecule has 1 aromatic heterocycles. The number of ether oxygens (including phenoxy) is 3. The third-order valence-electron chi connectivity index (χ3n) is 5.99. The largest absolute Gasteiger partial charge is 0.454 e. The molecule has 2 amide bonds. The van der Waals surface area contributed by atoms with Crippen molar-refractivity contribution in [3.8, 4) is 11.5 Å². The van der Waals surface area contributed by atoms with Crippen molar-refractivity contribution in [1.82, 2.24) is 14.8 Å². The number of morpholine rings is 1. The first-order valence-corrected chi connectivity index (χ1v) is 10.3. The number of piperidine rings is 1. The smallest absolute Gasteiger partial charge is 0.263 e. The van der Waals surface area contributed by atoms with E-state index in [9.17, 15) is 14.4 Å². The van der Waals surface area contributed by atoms with Crippen LogP contribution in [0, 0.1) is 6.92 Å². The van der Waals surface area contributed by atoms with Crippen LogP contribution in [-0.2, 0) is 16.1 Å². The van der Waals surface area contributed by atoms with Crippen molar-refractivity contribution in [2.24, 2.45) is 0 Å². The number of carbonyl (C=O) groups excluding carboxylic acids is 2. The lowest BCUT2D eigenvalue weighted by atomic mass is 9.99. The molecule has 1 aromatic carbocycles. The fraction of sp³-hybridized carbons (Fsp3) is 0.409. The Morgan fingerprint density at radius 3 is 2.90 bits per heavy atom. The maximum absolute atomic E-state index is 13.3. The molecule has 1 N–H and O–H groups in total. The van der Waals surface area contributed by atoms with E-state index in [1.807, 2.05) is 18.2 Å². The highest BCUT2D eigenvalue weighted by molar-refractivity contribution is 5.95. The van der Waals surface area contributed by atoms with Crippen molar-refractivity contribution in [1.29, 1.82) is 0 Å². The summed E-state index contributed by atoms with van der Waals surface area (Å²) in [6.45, 7) is 3.11. The lowest BCUT2D eigenvalue weighted by molar-refractivity contribution is -0.139. The predicted molar refractivity (Wildman–Crippen MR) is 109 cm³/mol. The number of amides is 2. The summed E-state index contributed by atoms with van der Waals surface area (Å²) in [6.07, 6.45) is 2.22. The maximum atomic E-state index is 13.3. The molecule has 4 heterocycles. The average Bonchev–Trinajstić information content (AvgIpc) is 3.23. The lowest BCUT2D eigenvalue weighted by Crippen LogP contribution is -2.61. The minimum atomic E-state index is -0.339. The second-order valence-corrected chi connectivity index (χ2v) is 8.06. The van der Waals surface area contributed by atoms with E-state index < -0.39 is 0 Å². The summed E-state index contributed by atoms with van der Waals surface area (Å²) in [7, 11) is 0. The number of carbonyl (C=O) groups is 2. The number of aromatic nitrogens is 1. The molecule has 0 saturated carbocycles. The molecule has 162 valence electrons. The number of fused-ring (bicyclic) bond motifs is 2. The van der Waals surface area contributed by atoms with Gasteiger partial charge < -0.3 is 29.0 Å². The second kappa shape index (κ2) is 7.73. The summed E-state index contributed by atoms with van der Waals surface area (Å²) >= 11 is 0. The van der Waals surface area contributed by atoms with Gasteiger partial charge in [-0.05, 0) is 42.7 Å². The van der Waals surface area contributed by atoms with E-state index in [2.05, 4.69) is 5.32 Å². The molecule has 2 aromatic rings. The molecule has 31 heavy (non-hydrogen) atoms. The van der Waals surface area contributed by atoms with Crippen LogP contribution in [-0.4, -0.2) is 59.9 Å². The van der Waals surface area contributed by atoms with E-state index in [-0.39, 0.29) is 48.5 Å². The first kappa shape index (κ1) is 19.6. The number of hydrogen-bond donors (Lipinski definition) is 1. The van der Waals surface area contributed by atoms with Gasteiger partial charge in [0.1, 0.15) is 12.2 Å². The zero-order chi connectivity index (χ0) is 21.5. The Balaban J connectivity index is 1.38. The number of likely N-dealkylation sites (tertiary alicyclic amines) is 1. The summed E-state index contributed by atoms with van der Waals surface area (Å²) in [4.78, 5) is 39.8. The van der Waals surface area contributed by atoms with Crippen molar-refractivity contribution in [2.45, 2.75) is 32.0 Å². The fourth-order valence-electron chi connectivity index (χ4n) is 4.33. The monoisotopic (exact) mass is 425 g/mol. The Labute approximate surface area is 178 Å². The highest BCUT2D eigenvalue weighted by Gasteiger charge is 2.37. The van der Waals surface area contributed by atoms with Crippen molar-refractivity contribution < 1.29 is 23.8 Å². The molecule has 0 bridgehead atoms. The van der Waals surface area contributed by atoms with Gasteiger partial charge in [-0.25, -0.2) is 0 Å². The van der Waals surface area contributed by atoms with E-state index >= 15 is 0 Å². The van der Waals surface area contributed by atoms with Gasteiger partial charge in [-0.3, -0.25) is 14.4 Å². The van der Waals surface area contributed by atoms with E-state index in [4.69, 9.17) is 14.2 Å². The van der Waals surface area contributed by atoms with Gasteiger partial charge in [0.05, 0.1) is 18.7 Å². The topological polar surface area (TPSA) is 99.1 Å². The first-order chi connectivity index (χ1) is 15.0. The van der Waals surface area contributed by atoms with Crippen LogP contribution in [0.25, 0.3) is 0 Å². The summed E-state index contributed by atoms with van der Waals surface area (Å²) in [6, 6.07) is 7.05. The summed E-state index contributed by atoms with van der Waals surface area (Å²) < 4.78 is 17.8. The van der Waals surface area contributed by atoms with Gasteiger partial charge in [0, 0.05) is 19.3 Å².